The number of nitrogens with one attached hydrogen (secondary N) is 1. The number of rotatable bonds is 6. The van der Waals surface area contributed by atoms with Crippen LogP contribution < -0.4 is 5.32 Å². The van der Waals surface area contributed by atoms with Crippen molar-refractivity contribution in [3.8, 4) is 0 Å². The van der Waals surface area contributed by atoms with E-state index in [4.69, 9.17) is 0 Å². The molecule has 2 rings (SSSR count). The van der Waals surface area contributed by atoms with Crippen LogP contribution in [0.15, 0.2) is 30.5 Å². The number of aromatic nitrogens is 2. The SMILES string of the molecule is CCCn1nccc1C(NCC)c1ccc(F)c(F)c1. The predicted molar refractivity (Wildman–Crippen MR) is 74.4 cm³/mol. The molecule has 0 fully saturated rings. The van der Waals surface area contributed by atoms with Crippen LogP contribution in [0.4, 0.5) is 8.78 Å². The monoisotopic (exact) mass is 279 g/mol. The first kappa shape index (κ1) is 14.7. The van der Waals surface area contributed by atoms with Gasteiger partial charge in [-0.1, -0.05) is 19.9 Å². The van der Waals surface area contributed by atoms with Gasteiger partial charge < -0.3 is 5.32 Å². The van der Waals surface area contributed by atoms with Gasteiger partial charge in [-0.05, 0) is 36.7 Å². The Morgan fingerprint density at radius 3 is 2.65 bits per heavy atom. The molecule has 0 aliphatic rings. The first-order chi connectivity index (χ1) is 9.67. The van der Waals surface area contributed by atoms with E-state index in [0.29, 0.717) is 5.56 Å². The molecule has 1 aromatic heterocycles. The number of hydrogen-bond acceptors (Lipinski definition) is 2. The summed E-state index contributed by atoms with van der Waals surface area (Å²) in [5.74, 6) is -1.65. The van der Waals surface area contributed by atoms with Crippen molar-refractivity contribution >= 4 is 0 Å². The molecule has 1 unspecified atom stereocenters. The highest BCUT2D eigenvalue weighted by molar-refractivity contribution is 5.28. The van der Waals surface area contributed by atoms with Crippen LogP contribution >= 0.6 is 0 Å². The van der Waals surface area contributed by atoms with E-state index in [0.717, 1.165) is 31.3 Å². The molecule has 1 aromatic carbocycles. The fraction of sp³-hybridized carbons (Fsp3) is 0.400. The number of halogens is 2. The molecule has 108 valence electrons. The Morgan fingerprint density at radius 2 is 2.00 bits per heavy atom. The third-order valence-corrected chi connectivity index (χ3v) is 3.17. The van der Waals surface area contributed by atoms with Crippen LogP contribution in [0.1, 0.15) is 37.6 Å². The minimum Gasteiger partial charge on any atom is -0.305 e. The topological polar surface area (TPSA) is 29.9 Å². The smallest absolute Gasteiger partial charge is 0.159 e. The van der Waals surface area contributed by atoms with Gasteiger partial charge in [-0.3, -0.25) is 4.68 Å². The van der Waals surface area contributed by atoms with Crippen LogP contribution in [-0.2, 0) is 6.54 Å². The highest BCUT2D eigenvalue weighted by Gasteiger charge is 2.18. The zero-order valence-electron chi connectivity index (χ0n) is 11.7. The second-order valence-electron chi connectivity index (χ2n) is 4.64. The Balaban J connectivity index is 2.39. The van der Waals surface area contributed by atoms with E-state index in [2.05, 4.69) is 17.3 Å². The van der Waals surface area contributed by atoms with Gasteiger partial charge in [0.1, 0.15) is 0 Å². The van der Waals surface area contributed by atoms with Crippen molar-refractivity contribution in [3.63, 3.8) is 0 Å². The fourth-order valence-electron chi connectivity index (χ4n) is 2.28. The molecule has 20 heavy (non-hydrogen) atoms. The van der Waals surface area contributed by atoms with Gasteiger partial charge in [0.25, 0.3) is 0 Å². The van der Waals surface area contributed by atoms with Gasteiger partial charge in [0, 0.05) is 12.7 Å². The zero-order valence-corrected chi connectivity index (χ0v) is 11.7. The van der Waals surface area contributed by atoms with Crippen LogP contribution in [-0.4, -0.2) is 16.3 Å². The molecule has 0 aliphatic carbocycles. The standard InChI is InChI=1S/C15H19F2N3/c1-3-9-20-14(7-8-19-20)15(18-4-2)11-5-6-12(16)13(17)10-11/h5-8,10,15,18H,3-4,9H2,1-2H3. The van der Waals surface area contributed by atoms with E-state index in [1.54, 1.807) is 12.3 Å². The molecule has 1 N–H and O–H groups in total. The van der Waals surface area contributed by atoms with Crippen molar-refractivity contribution in [1.82, 2.24) is 15.1 Å². The molecule has 0 aliphatic heterocycles. The number of hydrogen-bond donors (Lipinski definition) is 1. The van der Waals surface area contributed by atoms with Crippen molar-refractivity contribution in [2.45, 2.75) is 32.9 Å². The van der Waals surface area contributed by atoms with Crippen molar-refractivity contribution in [2.24, 2.45) is 0 Å². The average molecular weight is 279 g/mol. The quantitative estimate of drug-likeness (QED) is 0.879. The van der Waals surface area contributed by atoms with Crippen molar-refractivity contribution < 1.29 is 8.78 Å². The Kier molecular flexibility index (Phi) is 4.84. The lowest BCUT2D eigenvalue weighted by Crippen LogP contribution is -2.25. The predicted octanol–water partition coefficient (Wildman–Crippen LogP) is 3.27. The Hall–Kier alpha value is -1.75. The Morgan fingerprint density at radius 1 is 1.20 bits per heavy atom. The van der Waals surface area contributed by atoms with Crippen molar-refractivity contribution in [2.75, 3.05) is 6.54 Å². The molecule has 0 saturated carbocycles. The average Bonchev–Trinajstić information content (AvgIpc) is 2.88. The first-order valence-electron chi connectivity index (χ1n) is 6.87. The summed E-state index contributed by atoms with van der Waals surface area (Å²) in [6.07, 6.45) is 2.69. The number of benzene rings is 1. The first-order valence-corrected chi connectivity index (χ1v) is 6.87. The second-order valence-corrected chi connectivity index (χ2v) is 4.64. The summed E-state index contributed by atoms with van der Waals surface area (Å²) in [6.45, 7) is 5.58. The molecule has 5 heteroatoms. The number of nitrogens with zero attached hydrogens (tertiary/aromatic N) is 2. The lowest BCUT2D eigenvalue weighted by atomic mass is 10.0. The lowest BCUT2D eigenvalue weighted by molar-refractivity contribution is 0.496. The third-order valence-electron chi connectivity index (χ3n) is 3.17. The summed E-state index contributed by atoms with van der Waals surface area (Å²) < 4.78 is 28.4. The maximum absolute atomic E-state index is 13.4. The maximum Gasteiger partial charge on any atom is 0.159 e. The van der Waals surface area contributed by atoms with Gasteiger partial charge in [0.05, 0.1) is 11.7 Å². The second kappa shape index (κ2) is 6.61. The fourth-order valence-corrected chi connectivity index (χ4v) is 2.28. The summed E-state index contributed by atoms with van der Waals surface area (Å²) in [4.78, 5) is 0. The van der Waals surface area contributed by atoms with Gasteiger partial charge in [-0.2, -0.15) is 5.10 Å². The molecular formula is C15H19F2N3. The lowest BCUT2D eigenvalue weighted by Gasteiger charge is -2.20. The molecule has 1 heterocycles. The highest BCUT2D eigenvalue weighted by Crippen LogP contribution is 2.23. The van der Waals surface area contributed by atoms with E-state index < -0.39 is 11.6 Å². The molecule has 0 saturated heterocycles. The van der Waals surface area contributed by atoms with Gasteiger partial charge in [-0.15, -0.1) is 0 Å². The molecular weight excluding hydrogens is 260 g/mol. The molecule has 0 amide bonds. The summed E-state index contributed by atoms with van der Waals surface area (Å²) in [7, 11) is 0. The van der Waals surface area contributed by atoms with E-state index in [1.807, 2.05) is 17.7 Å². The highest BCUT2D eigenvalue weighted by atomic mass is 19.2. The Bertz CT molecular complexity index is 566. The van der Waals surface area contributed by atoms with Gasteiger partial charge in [-0.25, -0.2) is 8.78 Å². The van der Waals surface area contributed by atoms with E-state index >= 15 is 0 Å². The van der Waals surface area contributed by atoms with E-state index in [-0.39, 0.29) is 6.04 Å². The third kappa shape index (κ3) is 3.04. The molecule has 0 bridgehead atoms. The normalized spacial score (nSPS) is 12.6. The summed E-state index contributed by atoms with van der Waals surface area (Å²) in [6, 6.07) is 5.73. The van der Waals surface area contributed by atoms with Crippen LogP contribution in [0.25, 0.3) is 0 Å². The minimum atomic E-state index is -0.828. The molecule has 0 radical (unpaired) electrons. The molecule has 3 nitrogen and oxygen atoms in total. The number of aryl methyl sites for hydroxylation is 1. The van der Waals surface area contributed by atoms with E-state index in [9.17, 15) is 8.78 Å². The zero-order chi connectivity index (χ0) is 14.5. The van der Waals surface area contributed by atoms with Crippen LogP contribution in [0.2, 0.25) is 0 Å². The molecule has 2 aromatic rings. The van der Waals surface area contributed by atoms with Crippen LogP contribution in [0.5, 0.6) is 0 Å². The van der Waals surface area contributed by atoms with Gasteiger partial charge >= 0.3 is 0 Å². The summed E-state index contributed by atoms with van der Waals surface area (Å²) >= 11 is 0. The van der Waals surface area contributed by atoms with Gasteiger partial charge in [0.2, 0.25) is 0 Å². The van der Waals surface area contributed by atoms with Gasteiger partial charge in [0.15, 0.2) is 11.6 Å². The maximum atomic E-state index is 13.4. The van der Waals surface area contributed by atoms with E-state index in [1.165, 1.54) is 6.07 Å². The Labute approximate surface area is 117 Å². The molecule has 0 spiro atoms. The largest absolute Gasteiger partial charge is 0.305 e. The summed E-state index contributed by atoms with van der Waals surface area (Å²) in [5.41, 5.74) is 1.66. The van der Waals surface area contributed by atoms with Crippen molar-refractivity contribution in [1.29, 1.82) is 0 Å². The van der Waals surface area contributed by atoms with Crippen molar-refractivity contribution in [3.05, 3.63) is 53.4 Å². The molecule has 1 atom stereocenters. The summed E-state index contributed by atoms with van der Waals surface area (Å²) in [5, 5.41) is 7.58. The van der Waals surface area contributed by atoms with Crippen LogP contribution in [0, 0.1) is 11.6 Å². The minimum absolute atomic E-state index is 0.191. The van der Waals surface area contributed by atoms with Crippen LogP contribution in [0.3, 0.4) is 0 Å².